The molecule has 0 saturated carbocycles. The maximum Gasteiger partial charge on any atom is 0.264 e. The smallest absolute Gasteiger partial charge is 0.264 e. The van der Waals surface area contributed by atoms with Crippen LogP contribution in [0.3, 0.4) is 0 Å². The minimum absolute atomic E-state index is 0.201. The third-order valence-electron chi connectivity index (χ3n) is 2.58. The summed E-state index contributed by atoms with van der Waals surface area (Å²) in [5.41, 5.74) is 2.38. The van der Waals surface area contributed by atoms with Crippen molar-refractivity contribution in [1.29, 1.82) is 0 Å². The average molecular weight is 223 g/mol. The lowest BCUT2D eigenvalue weighted by Gasteiger charge is -2.01. The molecule has 0 aliphatic rings. The van der Waals surface area contributed by atoms with E-state index in [9.17, 15) is 4.79 Å². The largest absolute Gasteiger partial charge is 0.268 e. The molecule has 3 aromatic rings. The fourth-order valence-electron chi connectivity index (χ4n) is 1.73. The van der Waals surface area contributed by atoms with Crippen molar-refractivity contribution in [2.75, 3.05) is 0 Å². The number of aromatic nitrogens is 3. The molecule has 0 saturated heterocycles. The van der Waals surface area contributed by atoms with Crippen LogP contribution in [-0.2, 0) is 0 Å². The summed E-state index contributed by atoms with van der Waals surface area (Å²) in [6.45, 7) is 0. The van der Waals surface area contributed by atoms with Gasteiger partial charge in [0.2, 0.25) is 0 Å². The van der Waals surface area contributed by atoms with Crippen molar-refractivity contribution in [2.24, 2.45) is 0 Å². The van der Waals surface area contributed by atoms with Gasteiger partial charge in [-0.05, 0) is 18.2 Å². The van der Waals surface area contributed by atoms with Gasteiger partial charge in [0.1, 0.15) is 0 Å². The van der Waals surface area contributed by atoms with E-state index in [0.29, 0.717) is 0 Å². The average Bonchev–Trinajstić information content (AvgIpc) is 2.39. The second kappa shape index (κ2) is 3.83. The Hall–Kier alpha value is -2.49. The highest BCUT2D eigenvalue weighted by atomic mass is 16.1. The van der Waals surface area contributed by atoms with Gasteiger partial charge < -0.3 is 0 Å². The van der Waals surface area contributed by atoms with Gasteiger partial charge in [0.25, 0.3) is 5.56 Å². The van der Waals surface area contributed by atoms with Crippen LogP contribution in [0.15, 0.2) is 53.5 Å². The van der Waals surface area contributed by atoms with Crippen LogP contribution in [0.2, 0.25) is 0 Å². The molecule has 1 aromatic carbocycles. The first kappa shape index (κ1) is 9.72. The molecule has 0 aliphatic carbocycles. The Morgan fingerprint density at radius 3 is 2.82 bits per heavy atom. The van der Waals surface area contributed by atoms with Gasteiger partial charge in [-0.1, -0.05) is 18.2 Å². The number of hydrogen-bond acceptors (Lipinski definition) is 3. The van der Waals surface area contributed by atoms with Crippen molar-refractivity contribution in [3.63, 3.8) is 0 Å². The molecule has 0 bridgehead atoms. The lowest BCUT2D eigenvalue weighted by atomic mass is 10.1. The van der Waals surface area contributed by atoms with Gasteiger partial charge in [-0.15, -0.1) is 0 Å². The SMILES string of the molecule is O=c1ccc(-c2ccc3cccnc3c2)n[nH]1. The first-order valence-electron chi connectivity index (χ1n) is 5.24. The van der Waals surface area contributed by atoms with Crippen molar-refractivity contribution in [3.8, 4) is 11.3 Å². The number of pyridine rings is 1. The highest BCUT2D eigenvalue weighted by Gasteiger charge is 2.01. The Kier molecular flexibility index (Phi) is 2.19. The highest BCUT2D eigenvalue weighted by Crippen LogP contribution is 2.20. The molecule has 1 N–H and O–H groups in total. The number of nitrogens with zero attached hydrogens (tertiary/aromatic N) is 2. The molecule has 2 heterocycles. The van der Waals surface area contributed by atoms with Crippen molar-refractivity contribution in [3.05, 3.63) is 59.0 Å². The molecular weight excluding hydrogens is 214 g/mol. The number of rotatable bonds is 1. The molecule has 0 atom stereocenters. The number of nitrogens with one attached hydrogen (secondary N) is 1. The minimum Gasteiger partial charge on any atom is -0.268 e. The molecule has 0 fully saturated rings. The van der Waals surface area contributed by atoms with Crippen LogP contribution in [0.5, 0.6) is 0 Å². The van der Waals surface area contributed by atoms with E-state index in [0.717, 1.165) is 22.2 Å². The molecule has 4 nitrogen and oxygen atoms in total. The molecule has 0 spiro atoms. The van der Waals surface area contributed by atoms with Gasteiger partial charge in [0, 0.05) is 23.2 Å². The number of H-pyrrole nitrogens is 1. The van der Waals surface area contributed by atoms with E-state index in [4.69, 9.17) is 0 Å². The monoisotopic (exact) mass is 223 g/mol. The number of fused-ring (bicyclic) bond motifs is 1. The Labute approximate surface area is 97.0 Å². The first-order valence-corrected chi connectivity index (χ1v) is 5.24. The van der Waals surface area contributed by atoms with Crippen LogP contribution < -0.4 is 5.56 Å². The summed E-state index contributed by atoms with van der Waals surface area (Å²) < 4.78 is 0. The van der Waals surface area contributed by atoms with Crippen LogP contribution in [0, 0.1) is 0 Å². The summed E-state index contributed by atoms with van der Waals surface area (Å²) in [7, 11) is 0. The minimum atomic E-state index is -0.201. The van der Waals surface area contributed by atoms with Crippen molar-refractivity contribution >= 4 is 10.9 Å². The van der Waals surface area contributed by atoms with Crippen molar-refractivity contribution in [1.82, 2.24) is 15.2 Å². The van der Waals surface area contributed by atoms with Crippen LogP contribution >= 0.6 is 0 Å². The maximum absolute atomic E-state index is 10.9. The summed E-state index contributed by atoms with van der Waals surface area (Å²) in [5, 5.41) is 7.49. The Balaban J connectivity index is 2.17. The Morgan fingerprint density at radius 2 is 2.00 bits per heavy atom. The molecular formula is C13H9N3O. The lowest BCUT2D eigenvalue weighted by Crippen LogP contribution is -2.05. The van der Waals surface area contributed by atoms with Gasteiger partial charge in [0.15, 0.2) is 0 Å². The van der Waals surface area contributed by atoms with E-state index in [1.807, 2.05) is 30.3 Å². The molecule has 17 heavy (non-hydrogen) atoms. The molecule has 4 heteroatoms. The standard InChI is InChI=1S/C13H9N3O/c17-13-6-5-11(15-16-13)10-4-3-9-2-1-7-14-12(9)8-10/h1-8H,(H,16,17). The molecule has 0 radical (unpaired) electrons. The topological polar surface area (TPSA) is 58.6 Å². The van der Waals surface area contributed by atoms with Crippen LogP contribution in [0.25, 0.3) is 22.2 Å². The second-order valence-corrected chi connectivity index (χ2v) is 3.72. The van der Waals surface area contributed by atoms with E-state index in [1.165, 1.54) is 6.07 Å². The number of benzene rings is 1. The van der Waals surface area contributed by atoms with E-state index in [-0.39, 0.29) is 5.56 Å². The zero-order valence-corrected chi connectivity index (χ0v) is 8.92. The number of hydrogen-bond donors (Lipinski definition) is 1. The zero-order chi connectivity index (χ0) is 11.7. The van der Waals surface area contributed by atoms with E-state index in [2.05, 4.69) is 15.2 Å². The summed E-state index contributed by atoms with van der Waals surface area (Å²) in [5.74, 6) is 0. The van der Waals surface area contributed by atoms with Crippen LogP contribution in [-0.4, -0.2) is 15.2 Å². The Morgan fingerprint density at radius 1 is 1.06 bits per heavy atom. The molecule has 0 amide bonds. The van der Waals surface area contributed by atoms with Gasteiger partial charge >= 0.3 is 0 Å². The van der Waals surface area contributed by atoms with Crippen molar-refractivity contribution < 1.29 is 0 Å². The van der Waals surface area contributed by atoms with E-state index < -0.39 is 0 Å². The molecule has 2 aromatic heterocycles. The predicted molar refractivity (Wildman–Crippen MR) is 65.6 cm³/mol. The van der Waals surface area contributed by atoms with E-state index in [1.54, 1.807) is 12.3 Å². The molecule has 0 aliphatic heterocycles. The molecule has 0 unspecified atom stereocenters. The quantitative estimate of drug-likeness (QED) is 0.686. The Bertz CT molecular complexity index is 713. The lowest BCUT2D eigenvalue weighted by molar-refractivity contribution is 0.995. The predicted octanol–water partition coefficient (Wildman–Crippen LogP) is 1.99. The highest BCUT2D eigenvalue weighted by molar-refractivity contribution is 5.83. The number of aromatic amines is 1. The van der Waals surface area contributed by atoms with Gasteiger partial charge in [-0.3, -0.25) is 9.78 Å². The maximum atomic E-state index is 10.9. The third kappa shape index (κ3) is 1.80. The summed E-state index contributed by atoms with van der Waals surface area (Å²) in [6, 6.07) is 13.0. The first-order chi connectivity index (χ1) is 8.33. The van der Waals surface area contributed by atoms with Gasteiger partial charge in [-0.25, -0.2) is 5.10 Å². The van der Waals surface area contributed by atoms with Crippen LogP contribution in [0.4, 0.5) is 0 Å². The van der Waals surface area contributed by atoms with Gasteiger partial charge in [-0.2, -0.15) is 5.10 Å². The summed E-state index contributed by atoms with van der Waals surface area (Å²) in [6.07, 6.45) is 1.76. The fourth-order valence-corrected chi connectivity index (χ4v) is 1.73. The van der Waals surface area contributed by atoms with Crippen molar-refractivity contribution in [2.45, 2.75) is 0 Å². The molecule has 3 rings (SSSR count). The second-order valence-electron chi connectivity index (χ2n) is 3.72. The van der Waals surface area contributed by atoms with E-state index >= 15 is 0 Å². The normalized spacial score (nSPS) is 10.6. The zero-order valence-electron chi connectivity index (χ0n) is 8.92. The summed E-state index contributed by atoms with van der Waals surface area (Å²) >= 11 is 0. The van der Waals surface area contributed by atoms with Gasteiger partial charge in [0.05, 0.1) is 11.2 Å². The summed E-state index contributed by atoms with van der Waals surface area (Å²) in [4.78, 5) is 15.2. The molecule has 82 valence electrons. The fraction of sp³-hybridized carbons (Fsp3) is 0. The van der Waals surface area contributed by atoms with Crippen LogP contribution in [0.1, 0.15) is 0 Å². The third-order valence-corrected chi connectivity index (χ3v) is 2.58.